The summed E-state index contributed by atoms with van der Waals surface area (Å²) in [7, 11) is 0.807. The number of methoxy groups -OCH3 is 1. The summed E-state index contributed by atoms with van der Waals surface area (Å²) < 4.78 is 16.6. The van der Waals surface area contributed by atoms with Crippen LogP contribution in [0, 0.1) is 0 Å². The number of hydrogen-bond acceptors (Lipinski definition) is 5. The Kier molecular flexibility index (Phi) is 5.68. The van der Waals surface area contributed by atoms with Gasteiger partial charge in [-0.2, -0.15) is 4.98 Å². The van der Waals surface area contributed by atoms with Crippen molar-refractivity contribution in [2.45, 2.75) is 6.42 Å². The quantitative estimate of drug-likeness (QED) is 0.806. The third-order valence-corrected chi connectivity index (χ3v) is 3.20. The van der Waals surface area contributed by atoms with Crippen LogP contribution in [-0.4, -0.2) is 39.8 Å². The van der Waals surface area contributed by atoms with Gasteiger partial charge in [-0.25, -0.2) is 4.98 Å². The fraction of sp³-hybridized carbons (Fsp3) is 0.556. The second-order valence-electron chi connectivity index (χ2n) is 3.11. The van der Waals surface area contributed by atoms with Crippen LogP contribution in [0.3, 0.4) is 0 Å². The zero-order valence-electron chi connectivity index (χ0n) is 9.20. The van der Waals surface area contributed by atoms with Gasteiger partial charge < -0.3 is 10.1 Å². The Morgan fingerprint density at radius 2 is 2.38 bits per heavy atom. The molecule has 0 saturated carbocycles. The fourth-order valence-corrected chi connectivity index (χ4v) is 1.96. The van der Waals surface area contributed by atoms with Crippen molar-refractivity contribution in [3.05, 3.63) is 10.7 Å². The van der Waals surface area contributed by atoms with Gasteiger partial charge in [-0.3, -0.25) is 4.21 Å². The van der Waals surface area contributed by atoms with Crippen molar-refractivity contribution in [3.8, 4) is 5.88 Å². The molecule has 0 bridgehead atoms. The van der Waals surface area contributed by atoms with Crippen LogP contribution in [0.1, 0.15) is 6.42 Å². The zero-order chi connectivity index (χ0) is 12.0. The Morgan fingerprint density at radius 3 is 3.00 bits per heavy atom. The third kappa shape index (κ3) is 4.44. The minimum absolute atomic E-state index is 0.497. The van der Waals surface area contributed by atoms with Gasteiger partial charge in [0.25, 0.3) is 0 Å². The maximum atomic E-state index is 10.8. The third-order valence-electron chi connectivity index (χ3n) is 1.80. The molecule has 0 spiro atoms. The summed E-state index contributed by atoms with van der Waals surface area (Å²) >= 11 is 3.27. The van der Waals surface area contributed by atoms with E-state index in [4.69, 9.17) is 4.74 Å². The molecular formula is C9H14BrN3O2S. The minimum Gasteiger partial charge on any atom is -0.480 e. The van der Waals surface area contributed by atoms with Crippen molar-refractivity contribution in [3.63, 3.8) is 0 Å². The summed E-state index contributed by atoms with van der Waals surface area (Å²) in [6.07, 6.45) is 4.15. The minimum atomic E-state index is -0.746. The number of nitrogens with zero attached hydrogens (tertiary/aromatic N) is 2. The average Bonchev–Trinajstić information content (AvgIpc) is 2.26. The van der Waals surface area contributed by atoms with Gasteiger partial charge in [-0.1, -0.05) is 0 Å². The molecule has 90 valence electrons. The Labute approximate surface area is 106 Å². The van der Waals surface area contributed by atoms with Crippen LogP contribution >= 0.6 is 15.9 Å². The lowest BCUT2D eigenvalue weighted by molar-refractivity contribution is 0.394. The highest BCUT2D eigenvalue weighted by molar-refractivity contribution is 9.10. The summed E-state index contributed by atoms with van der Waals surface area (Å²) in [4.78, 5) is 8.22. The zero-order valence-corrected chi connectivity index (χ0v) is 11.6. The molecule has 0 aliphatic rings. The number of ether oxygens (including phenoxy) is 1. The van der Waals surface area contributed by atoms with Crippen molar-refractivity contribution in [1.82, 2.24) is 9.97 Å². The molecule has 0 saturated heterocycles. The Hall–Kier alpha value is -0.690. The number of anilines is 1. The van der Waals surface area contributed by atoms with E-state index in [9.17, 15) is 4.21 Å². The van der Waals surface area contributed by atoms with Crippen LogP contribution < -0.4 is 10.1 Å². The molecule has 0 fully saturated rings. The van der Waals surface area contributed by atoms with E-state index in [0.717, 1.165) is 10.9 Å². The first-order valence-corrected chi connectivity index (χ1v) is 7.26. The van der Waals surface area contributed by atoms with E-state index >= 15 is 0 Å². The van der Waals surface area contributed by atoms with E-state index < -0.39 is 10.8 Å². The second kappa shape index (κ2) is 6.80. The molecule has 16 heavy (non-hydrogen) atoms. The molecule has 1 rings (SSSR count). The highest BCUT2D eigenvalue weighted by Gasteiger charge is 2.04. The van der Waals surface area contributed by atoms with Crippen LogP contribution in [0.25, 0.3) is 0 Å². The molecule has 1 atom stereocenters. The molecule has 0 radical (unpaired) electrons. The topological polar surface area (TPSA) is 64.1 Å². The number of rotatable bonds is 6. The second-order valence-corrected chi connectivity index (χ2v) is 5.52. The molecule has 1 aromatic rings. The number of hydrogen-bond donors (Lipinski definition) is 1. The number of aromatic nitrogens is 2. The number of nitrogens with one attached hydrogen (secondary N) is 1. The van der Waals surface area contributed by atoms with Crippen molar-refractivity contribution in [2.24, 2.45) is 0 Å². The van der Waals surface area contributed by atoms with Crippen molar-refractivity contribution >= 4 is 32.7 Å². The van der Waals surface area contributed by atoms with E-state index in [0.29, 0.717) is 24.1 Å². The van der Waals surface area contributed by atoms with Gasteiger partial charge in [0.15, 0.2) is 0 Å². The van der Waals surface area contributed by atoms with Gasteiger partial charge in [0.05, 0.1) is 17.8 Å². The fourth-order valence-electron chi connectivity index (χ4n) is 1.06. The smallest absolute Gasteiger partial charge is 0.232 e. The first-order valence-electron chi connectivity index (χ1n) is 4.74. The lowest BCUT2D eigenvalue weighted by Gasteiger charge is -2.06. The SMILES string of the molecule is COc1nc(NCCCS(C)=O)ncc1Br. The molecule has 1 heterocycles. The predicted molar refractivity (Wildman–Crippen MR) is 68.3 cm³/mol. The molecule has 5 nitrogen and oxygen atoms in total. The van der Waals surface area contributed by atoms with Gasteiger partial charge in [0.2, 0.25) is 11.8 Å². The van der Waals surface area contributed by atoms with Crippen LogP contribution in [-0.2, 0) is 10.8 Å². The normalized spacial score (nSPS) is 12.2. The monoisotopic (exact) mass is 307 g/mol. The summed E-state index contributed by atoms with van der Waals surface area (Å²) in [6, 6.07) is 0. The predicted octanol–water partition coefficient (Wildman–Crippen LogP) is 1.43. The number of halogens is 1. The first kappa shape index (κ1) is 13.4. The van der Waals surface area contributed by atoms with Gasteiger partial charge in [-0.15, -0.1) is 0 Å². The lowest BCUT2D eigenvalue weighted by atomic mass is 10.5. The highest BCUT2D eigenvalue weighted by atomic mass is 79.9. The van der Waals surface area contributed by atoms with E-state index in [1.54, 1.807) is 19.6 Å². The maximum Gasteiger partial charge on any atom is 0.232 e. The van der Waals surface area contributed by atoms with E-state index in [1.807, 2.05) is 0 Å². The van der Waals surface area contributed by atoms with Gasteiger partial charge in [0.1, 0.15) is 0 Å². The molecule has 0 aromatic carbocycles. The molecule has 0 amide bonds. The Morgan fingerprint density at radius 1 is 1.62 bits per heavy atom. The lowest BCUT2D eigenvalue weighted by Crippen LogP contribution is -2.09. The van der Waals surface area contributed by atoms with Crippen molar-refractivity contribution in [1.29, 1.82) is 0 Å². The van der Waals surface area contributed by atoms with Crippen LogP contribution in [0.4, 0.5) is 5.95 Å². The molecule has 7 heteroatoms. The van der Waals surface area contributed by atoms with Crippen molar-refractivity contribution < 1.29 is 8.95 Å². The van der Waals surface area contributed by atoms with Gasteiger partial charge in [0, 0.05) is 29.4 Å². The standard InChI is InChI=1S/C9H14BrN3O2S/c1-15-8-7(10)6-12-9(13-8)11-4-3-5-16(2)14/h6H,3-5H2,1-2H3,(H,11,12,13). The summed E-state index contributed by atoms with van der Waals surface area (Å²) in [5.41, 5.74) is 0. The highest BCUT2D eigenvalue weighted by Crippen LogP contribution is 2.21. The summed E-state index contributed by atoms with van der Waals surface area (Å²) in [5, 5.41) is 3.04. The molecular weight excluding hydrogens is 294 g/mol. The molecule has 1 aromatic heterocycles. The summed E-state index contributed by atoms with van der Waals surface area (Å²) in [5.74, 6) is 1.69. The largest absolute Gasteiger partial charge is 0.480 e. The Bertz CT molecular complexity index is 376. The molecule has 0 aliphatic carbocycles. The van der Waals surface area contributed by atoms with Gasteiger partial charge >= 0.3 is 0 Å². The molecule has 1 N–H and O–H groups in total. The van der Waals surface area contributed by atoms with Crippen LogP contribution in [0.2, 0.25) is 0 Å². The van der Waals surface area contributed by atoms with Gasteiger partial charge in [-0.05, 0) is 22.4 Å². The van der Waals surface area contributed by atoms with E-state index in [2.05, 4.69) is 31.2 Å². The maximum absolute atomic E-state index is 10.8. The van der Waals surface area contributed by atoms with Crippen LogP contribution in [0.15, 0.2) is 10.7 Å². The first-order chi connectivity index (χ1) is 7.63. The van der Waals surface area contributed by atoms with E-state index in [-0.39, 0.29) is 0 Å². The summed E-state index contributed by atoms with van der Waals surface area (Å²) in [6.45, 7) is 0.699. The molecule has 1 unspecified atom stereocenters. The molecule has 0 aliphatic heterocycles. The van der Waals surface area contributed by atoms with Crippen LogP contribution in [0.5, 0.6) is 5.88 Å². The van der Waals surface area contributed by atoms with Crippen molar-refractivity contribution in [2.75, 3.05) is 31.0 Å². The average molecular weight is 308 g/mol. The Balaban J connectivity index is 2.45. The van der Waals surface area contributed by atoms with E-state index in [1.165, 1.54) is 0 Å².